The van der Waals surface area contributed by atoms with Crippen molar-refractivity contribution in [1.82, 2.24) is 19.7 Å². The van der Waals surface area contributed by atoms with Gasteiger partial charge in [0.15, 0.2) is 10.8 Å². The molecule has 0 fully saturated rings. The zero-order valence-corrected chi connectivity index (χ0v) is 12.4. The average Bonchev–Trinajstić information content (AvgIpc) is 3.04. The molecular formula is C11H9ClN6O2S. The second kappa shape index (κ2) is 5.26. The van der Waals surface area contributed by atoms with Gasteiger partial charge in [-0.15, -0.1) is 11.3 Å². The van der Waals surface area contributed by atoms with Crippen molar-refractivity contribution in [3.05, 3.63) is 38.6 Å². The van der Waals surface area contributed by atoms with Crippen molar-refractivity contribution >= 4 is 44.8 Å². The summed E-state index contributed by atoms with van der Waals surface area (Å²) in [6.07, 6.45) is 1.39. The Hall–Kier alpha value is -2.26. The van der Waals surface area contributed by atoms with Gasteiger partial charge in [0, 0.05) is 7.05 Å². The molecule has 0 unspecified atom stereocenters. The van der Waals surface area contributed by atoms with E-state index in [1.165, 1.54) is 22.2 Å². The summed E-state index contributed by atoms with van der Waals surface area (Å²) in [7, 11) is 1.78. The summed E-state index contributed by atoms with van der Waals surface area (Å²) in [5.41, 5.74) is 0. The van der Waals surface area contributed by atoms with Crippen molar-refractivity contribution in [2.24, 2.45) is 0 Å². The quantitative estimate of drug-likeness (QED) is 0.585. The van der Waals surface area contributed by atoms with E-state index in [-0.39, 0.29) is 17.4 Å². The van der Waals surface area contributed by atoms with E-state index in [1.54, 1.807) is 7.05 Å². The van der Waals surface area contributed by atoms with Crippen molar-refractivity contribution < 1.29 is 4.92 Å². The maximum atomic E-state index is 10.7. The molecule has 0 radical (unpaired) electrons. The molecule has 0 saturated carbocycles. The molecule has 0 saturated heterocycles. The number of halogens is 1. The van der Waals surface area contributed by atoms with E-state index in [4.69, 9.17) is 11.6 Å². The van der Waals surface area contributed by atoms with Gasteiger partial charge in [-0.2, -0.15) is 4.68 Å². The molecule has 0 aromatic carbocycles. The molecule has 3 aromatic heterocycles. The standard InChI is InChI=1S/C11H9ClN6O2S/c1-13-9-6-2-3-21-11(6)15-8(14-9)5-17-4-7(12)10(16-17)18(19)20/h2-4H,5H2,1H3,(H,13,14,15). The van der Waals surface area contributed by atoms with Crippen LogP contribution in [0.2, 0.25) is 5.02 Å². The average molecular weight is 325 g/mol. The highest BCUT2D eigenvalue weighted by Crippen LogP contribution is 2.25. The van der Waals surface area contributed by atoms with E-state index in [0.717, 1.165) is 10.2 Å². The molecule has 0 aliphatic heterocycles. The first-order valence-corrected chi connectivity index (χ1v) is 7.13. The minimum atomic E-state index is -0.624. The van der Waals surface area contributed by atoms with Gasteiger partial charge >= 0.3 is 5.82 Å². The van der Waals surface area contributed by atoms with E-state index in [9.17, 15) is 10.1 Å². The van der Waals surface area contributed by atoms with Crippen LogP contribution >= 0.6 is 22.9 Å². The first-order valence-electron chi connectivity index (χ1n) is 5.87. The number of rotatable bonds is 4. The van der Waals surface area contributed by atoms with E-state index in [1.807, 2.05) is 11.4 Å². The molecule has 10 heteroatoms. The number of thiophene rings is 1. The molecule has 8 nitrogen and oxygen atoms in total. The normalized spacial score (nSPS) is 11.0. The summed E-state index contributed by atoms with van der Waals surface area (Å²) in [4.78, 5) is 19.8. The van der Waals surface area contributed by atoms with E-state index in [0.29, 0.717) is 11.6 Å². The Morgan fingerprint density at radius 3 is 3.00 bits per heavy atom. The zero-order valence-electron chi connectivity index (χ0n) is 10.8. The van der Waals surface area contributed by atoms with Crippen molar-refractivity contribution in [2.45, 2.75) is 6.54 Å². The van der Waals surface area contributed by atoms with Gasteiger partial charge in [-0.25, -0.2) is 9.97 Å². The van der Waals surface area contributed by atoms with Crippen molar-refractivity contribution in [1.29, 1.82) is 0 Å². The third-order valence-corrected chi connectivity index (χ3v) is 3.86. The topological polar surface area (TPSA) is 98.8 Å². The fourth-order valence-corrected chi connectivity index (χ4v) is 2.90. The number of nitrogens with one attached hydrogen (secondary N) is 1. The molecule has 21 heavy (non-hydrogen) atoms. The molecule has 0 atom stereocenters. The molecule has 0 spiro atoms. The molecule has 1 N–H and O–H groups in total. The second-order valence-electron chi connectivity index (χ2n) is 4.13. The van der Waals surface area contributed by atoms with Crippen LogP contribution in [-0.2, 0) is 6.54 Å². The van der Waals surface area contributed by atoms with Gasteiger partial charge in [0.2, 0.25) is 0 Å². The Labute approximate surface area is 127 Å². The van der Waals surface area contributed by atoms with Gasteiger partial charge in [-0.1, -0.05) is 11.6 Å². The molecule has 3 heterocycles. The van der Waals surface area contributed by atoms with Gasteiger partial charge in [-0.3, -0.25) is 0 Å². The summed E-state index contributed by atoms with van der Waals surface area (Å²) in [5, 5.41) is 20.4. The smallest absolute Gasteiger partial charge is 0.372 e. The number of nitrogens with zero attached hydrogens (tertiary/aromatic N) is 5. The third-order valence-electron chi connectivity index (χ3n) is 2.78. The minimum absolute atomic E-state index is 0.00829. The Morgan fingerprint density at radius 2 is 2.33 bits per heavy atom. The van der Waals surface area contributed by atoms with E-state index < -0.39 is 4.92 Å². The van der Waals surface area contributed by atoms with Crippen LogP contribution in [0.1, 0.15) is 5.82 Å². The first-order chi connectivity index (χ1) is 10.1. The lowest BCUT2D eigenvalue weighted by molar-refractivity contribution is -0.389. The van der Waals surface area contributed by atoms with Crippen LogP contribution in [-0.4, -0.2) is 31.7 Å². The lowest BCUT2D eigenvalue weighted by Crippen LogP contribution is -2.07. The van der Waals surface area contributed by atoms with Gasteiger partial charge < -0.3 is 15.4 Å². The third kappa shape index (κ3) is 2.52. The SMILES string of the molecule is CNc1nc(Cn2cc(Cl)c([N+](=O)[O-])n2)nc2sccc12. The van der Waals surface area contributed by atoms with Gasteiger partial charge in [0.05, 0.1) is 16.7 Å². The molecular weight excluding hydrogens is 316 g/mol. The molecule has 0 aliphatic carbocycles. The lowest BCUT2D eigenvalue weighted by atomic mass is 10.3. The molecule has 0 aliphatic rings. The summed E-state index contributed by atoms with van der Waals surface area (Å²) < 4.78 is 1.36. The van der Waals surface area contributed by atoms with E-state index >= 15 is 0 Å². The minimum Gasteiger partial charge on any atom is -0.372 e. The summed E-state index contributed by atoms with van der Waals surface area (Å²) in [5.74, 6) is 0.843. The fraction of sp³-hybridized carbons (Fsp3) is 0.182. The van der Waals surface area contributed by atoms with Crippen LogP contribution in [0, 0.1) is 10.1 Å². The van der Waals surface area contributed by atoms with Gasteiger partial charge in [0.25, 0.3) is 0 Å². The summed E-state index contributed by atoms with van der Waals surface area (Å²) in [6.45, 7) is 0.204. The molecule has 3 rings (SSSR count). The highest BCUT2D eigenvalue weighted by atomic mass is 35.5. The van der Waals surface area contributed by atoms with Crippen LogP contribution in [0.4, 0.5) is 11.6 Å². The predicted octanol–water partition coefficient (Wildman–Crippen LogP) is 2.54. The van der Waals surface area contributed by atoms with Gasteiger partial charge in [0.1, 0.15) is 17.2 Å². The van der Waals surface area contributed by atoms with Crippen LogP contribution < -0.4 is 5.32 Å². The number of hydrogen-bond acceptors (Lipinski definition) is 7. The lowest BCUT2D eigenvalue weighted by Gasteiger charge is -2.04. The maximum absolute atomic E-state index is 10.7. The van der Waals surface area contributed by atoms with E-state index in [2.05, 4.69) is 20.4 Å². The molecule has 108 valence electrons. The van der Waals surface area contributed by atoms with Crippen LogP contribution in [0.3, 0.4) is 0 Å². The Kier molecular flexibility index (Phi) is 3.43. The zero-order chi connectivity index (χ0) is 15.0. The van der Waals surface area contributed by atoms with Crippen molar-refractivity contribution in [3.63, 3.8) is 0 Å². The Morgan fingerprint density at radius 1 is 1.52 bits per heavy atom. The highest BCUT2D eigenvalue weighted by molar-refractivity contribution is 7.16. The maximum Gasteiger partial charge on any atom is 0.408 e. The monoisotopic (exact) mass is 324 g/mol. The Balaban J connectivity index is 1.97. The number of aromatic nitrogens is 4. The number of anilines is 1. The largest absolute Gasteiger partial charge is 0.408 e. The van der Waals surface area contributed by atoms with Crippen molar-refractivity contribution in [3.8, 4) is 0 Å². The van der Waals surface area contributed by atoms with Crippen LogP contribution in [0.15, 0.2) is 17.6 Å². The van der Waals surface area contributed by atoms with Crippen LogP contribution in [0.5, 0.6) is 0 Å². The Bertz CT molecular complexity index is 829. The molecule has 3 aromatic rings. The number of hydrogen-bond donors (Lipinski definition) is 1. The summed E-state index contributed by atoms with van der Waals surface area (Å²) in [6, 6.07) is 1.94. The van der Waals surface area contributed by atoms with Crippen LogP contribution in [0.25, 0.3) is 10.2 Å². The predicted molar refractivity (Wildman–Crippen MR) is 80.0 cm³/mol. The fourth-order valence-electron chi connectivity index (χ4n) is 1.90. The number of nitro groups is 1. The molecule has 0 amide bonds. The van der Waals surface area contributed by atoms with Gasteiger partial charge in [-0.05, 0) is 16.4 Å². The molecule has 0 bridgehead atoms. The second-order valence-corrected chi connectivity index (χ2v) is 5.43. The summed E-state index contributed by atoms with van der Waals surface area (Å²) >= 11 is 7.27. The van der Waals surface area contributed by atoms with Crippen molar-refractivity contribution in [2.75, 3.05) is 12.4 Å². The first kappa shape index (κ1) is 13.7. The number of fused-ring (bicyclic) bond motifs is 1. The highest BCUT2D eigenvalue weighted by Gasteiger charge is 2.20.